The van der Waals surface area contributed by atoms with Crippen molar-refractivity contribution >= 4 is 83.3 Å². The standard InChI is InChI=1S/C17H13Br2Cl2NO3S/c1-16(7-17(16,18)19)15(24)22-13-12(14(23)25-2)10(6-26-13)9-4-3-8(20)5-11(9)21/h3-6H,7H2,1-2H3,(H,22,24)/t16-/m0/s1. The highest BCUT2D eigenvalue weighted by Crippen LogP contribution is 2.66. The summed E-state index contributed by atoms with van der Waals surface area (Å²) in [6, 6.07) is 5.02. The molecule has 0 spiro atoms. The smallest absolute Gasteiger partial charge is 0.341 e. The lowest BCUT2D eigenvalue weighted by molar-refractivity contribution is -0.120. The number of carbonyl (C=O) groups is 2. The van der Waals surface area contributed by atoms with Crippen LogP contribution in [0.5, 0.6) is 0 Å². The van der Waals surface area contributed by atoms with Crippen LogP contribution in [-0.2, 0) is 9.53 Å². The SMILES string of the molecule is COC(=O)c1c(-c2ccc(Cl)cc2Cl)csc1NC(=O)[C@]1(C)CC1(Br)Br. The third-order valence-electron chi connectivity index (χ3n) is 4.39. The van der Waals surface area contributed by atoms with E-state index < -0.39 is 14.6 Å². The molecule has 1 aromatic heterocycles. The maximum atomic E-state index is 12.7. The molecule has 0 radical (unpaired) electrons. The Balaban J connectivity index is 2.01. The van der Waals surface area contributed by atoms with Crippen LogP contribution in [0.2, 0.25) is 10.0 Å². The molecule has 1 aromatic carbocycles. The number of amides is 1. The molecule has 138 valence electrons. The molecule has 1 N–H and O–H groups in total. The number of ether oxygens (including phenoxy) is 1. The summed E-state index contributed by atoms with van der Waals surface area (Å²) in [6.07, 6.45) is 0.640. The molecule has 1 atom stereocenters. The Morgan fingerprint density at radius 1 is 1.27 bits per heavy atom. The van der Waals surface area contributed by atoms with Crippen molar-refractivity contribution in [2.24, 2.45) is 5.41 Å². The van der Waals surface area contributed by atoms with Gasteiger partial charge < -0.3 is 10.1 Å². The van der Waals surface area contributed by atoms with Crippen molar-refractivity contribution in [1.82, 2.24) is 0 Å². The summed E-state index contributed by atoms with van der Waals surface area (Å²) < 4.78 is 4.49. The normalized spacial score (nSPS) is 20.5. The van der Waals surface area contributed by atoms with E-state index in [1.807, 2.05) is 6.92 Å². The Morgan fingerprint density at radius 3 is 2.46 bits per heavy atom. The zero-order chi connectivity index (χ0) is 19.3. The topological polar surface area (TPSA) is 55.4 Å². The number of carbonyl (C=O) groups excluding carboxylic acids is 2. The number of hydrogen-bond acceptors (Lipinski definition) is 4. The number of nitrogens with one attached hydrogen (secondary N) is 1. The van der Waals surface area contributed by atoms with E-state index >= 15 is 0 Å². The summed E-state index contributed by atoms with van der Waals surface area (Å²) in [6.45, 7) is 1.84. The van der Waals surface area contributed by atoms with Crippen molar-refractivity contribution in [3.63, 3.8) is 0 Å². The zero-order valence-electron chi connectivity index (χ0n) is 13.7. The van der Waals surface area contributed by atoms with Gasteiger partial charge in [-0.3, -0.25) is 4.79 Å². The van der Waals surface area contributed by atoms with Gasteiger partial charge in [0.15, 0.2) is 0 Å². The first-order chi connectivity index (χ1) is 12.1. The third-order valence-corrected chi connectivity index (χ3v) is 8.14. The molecule has 4 nitrogen and oxygen atoms in total. The molecule has 0 saturated heterocycles. The molecule has 1 saturated carbocycles. The second-order valence-corrected chi connectivity index (χ2v) is 11.6. The second kappa shape index (κ2) is 7.09. The van der Waals surface area contributed by atoms with Crippen molar-refractivity contribution in [2.75, 3.05) is 12.4 Å². The predicted molar refractivity (Wildman–Crippen MR) is 113 cm³/mol. The van der Waals surface area contributed by atoms with E-state index in [0.29, 0.717) is 32.6 Å². The van der Waals surface area contributed by atoms with Gasteiger partial charge in [0.05, 0.1) is 15.8 Å². The fourth-order valence-corrected chi connectivity index (χ4v) is 5.48. The van der Waals surface area contributed by atoms with Crippen molar-refractivity contribution in [3.8, 4) is 11.1 Å². The minimum Gasteiger partial charge on any atom is -0.465 e. The Kier molecular flexibility index (Phi) is 5.50. The monoisotopic (exact) mass is 539 g/mol. The van der Waals surface area contributed by atoms with Gasteiger partial charge in [0.25, 0.3) is 0 Å². The number of thiophene rings is 1. The van der Waals surface area contributed by atoms with E-state index in [-0.39, 0.29) is 11.5 Å². The van der Waals surface area contributed by atoms with Crippen LogP contribution in [0.1, 0.15) is 23.7 Å². The van der Waals surface area contributed by atoms with E-state index in [4.69, 9.17) is 27.9 Å². The summed E-state index contributed by atoms with van der Waals surface area (Å²) in [5, 5.41) is 5.95. The van der Waals surface area contributed by atoms with Crippen molar-refractivity contribution in [2.45, 2.75) is 16.6 Å². The van der Waals surface area contributed by atoms with Crippen LogP contribution < -0.4 is 5.32 Å². The highest BCUT2D eigenvalue weighted by Gasteiger charge is 2.66. The van der Waals surface area contributed by atoms with Gasteiger partial charge >= 0.3 is 5.97 Å². The molecule has 1 heterocycles. The predicted octanol–water partition coefficient (Wildman–Crippen LogP) is 6.34. The number of alkyl halides is 2. The molecule has 26 heavy (non-hydrogen) atoms. The zero-order valence-corrected chi connectivity index (χ0v) is 19.2. The lowest BCUT2D eigenvalue weighted by Gasteiger charge is -2.13. The average molecular weight is 542 g/mol. The van der Waals surface area contributed by atoms with Gasteiger partial charge in [0.1, 0.15) is 10.6 Å². The fourth-order valence-electron chi connectivity index (χ4n) is 2.55. The molecule has 1 aliphatic rings. The number of benzene rings is 1. The molecular weight excluding hydrogens is 529 g/mol. The van der Waals surface area contributed by atoms with Crippen LogP contribution in [0.15, 0.2) is 23.6 Å². The van der Waals surface area contributed by atoms with E-state index in [1.54, 1.807) is 23.6 Å². The summed E-state index contributed by atoms with van der Waals surface area (Å²) >= 11 is 20.4. The molecular formula is C17H13Br2Cl2NO3S. The first-order valence-corrected chi connectivity index (χ1v) is 10.7. The first-order valence-electron chi connectivity index (χ1n) is 7.45. The minimum absolute atomic E-state index is 0.188. The highest BCUT2D eigenvalue weighted by atomic mass is 79.9. The summed E-state index contributed by atoms with van der Waals surface area (Å²) in [5.74, 6) is -0.737. The number of hydrogen-bond donors (Lipinski definition) is 1. The molecule has 1 fully saturated rings. The lowest BCUT2D eigenvalue weighted by atomic mass is 10.0. The largest absolute Gasteiger partial charge is 0.465 e. The second-order valence-electron chi connectivity index (χ2n) is 6.14. The fraction of sp³-hybridized carbons (Fsp3) is 0.294. The number of methoxy groups -OCH3 is 1. The average Bonchev–Trinajstić information content (AvgIpc) is 2.90. The van der Waals surface area contributed by atoms with Crippen LogP contribution in [0.4, 0.5) is 5.00 Å². The van der Waals surface area contributed by atoms with Crippen molar-refractivity contribution < 1.29 is 14.3 Å². The van der Waals surface area contributed by atoms with Gasteiger partial charge in [-0.2, -0.15) is 0 Å². The van der Waals surface area contributed by atoms with Gasteiger partial charge in [0.2, 0.25) is 5.91 Å². The van der Waals surface area contributed by atoms with Gasteiger partial charge in [-0.05, 0) is 25.5 Å². The Bertz CT molecular complexity index is 915. The lowest BCUT2D eigenvalue weighted by Crippen LogP contribution is -2.26. The van der Waals surface area contributed by atoms with Crippen molar-refractivity contribution in [3.05, 3.63) is 39.2 Å². The van der Waals surface area contributed by atoms with Crippen LogP contribution >= 0.6 is 66.4 Å². The van der Waals surface area contributed by atoms with Gasteiger partial charge in [-0.15, -0.1) is 11.3 Å². The molecule has 9 heteroatoms. The molecule has 3 rings (SSSR count). The Morgan fingerprint density at radius 2 is 1.92 bits per heavy atom. The number of esters is 1. The molecule has 1 amide bonds. The maximum Gasteiger partial charge on any atom is 0.341 e. The summed E-state index contributed by atoms with van der Waals surface area (Å²) in [5.41, 5.74) is 0.890. The number of anilines is 1. The first kappa shape index (κ1) is 20.1. The van der Waals surface area contributed by atoms with Crippen LogP contribution in [0.25, 0.3) is 11.1 Å². The summed E-state index contributed by atoms with van der Waals surface area (Å²) in [7, 11) is 1.29. The number of rotatable bonds is 4. The molecule has 0 bridgehead atoms. The third kappa shape index (κ3) is 3.44. The van der Waals surface area contributed by atoms with E-state index in [9.17, 15) is 9.59 Å². The van der Waals surface area contributed by atoms with Crippen LogP contribution in [0, 0.1) is 5.41 Å². The quantitative estimate of drug-likeness (QED) is 0.363. The van der Waals surface area contributed by atoms with Crippen LogP contribution in [0.3, 0.4) is 0 Å². The molecule has 1 aliphatic carbocycles. The van der Waals surface area contributed by atoms with Gasteiger partial charge in [-0.1, -0.05) is 61.1 Å². The molecule has 0 unspecified atom stereocenters. The van der Waals surface area contributed by atoms with E-state index in [0.717, 1.165) is 0 Å². The van der Waals surface area contributed by atoms with Gasteiger partial charge in [0, 0.05) is 26.6 Å². The van der Waals surface area contributed by atoms with E-state index in [2.05, 4.69) is 37.2 Å². The Hall–Kier alpha value is -0.600. The summed E-state index contributed by atoms with van der Waals surface area (Å²) in [4.78, 5) is 25.1. The molecule has 2 aromatic rings. The highest BCUT2D eigenvalue weighted by molar-refractivity contribution is 9.25. The number of halogens is 4. The van der Waals surface area contributed by atoms with Gasteiger partial charge in [-0.25, -0.2) is 4.79 Å². The van der Waals surface area contributed by atoms with Crippen molar-refractivity contribution in [1.29, 1.82) is 0 Å². The maximum absolute atomic E-state index is 12.7. The van der Waals surface area contributed by atoms with Crippen LogP contribution in [-0.4, -0.2) is 22.2 Å². The minimum atomic E-state index is -0.609. The molecule has 0 aliphatic heterocycles. The Labute approximate surface area is 181 Å². The van der Waals surface area contributed by atoms with E-state index in [1.165, 1.54) is 18.4 Å².